The lowest BCUT2D eigenvalue weighted by atomic mass is 10.1. The van der Waals surface area contributed by atoms with E-state index in [0.29, 0.717) is 11.3 Å². The van der Waals surface area contributed by atoms with Crippen molar-refractivity contribution in [3.05, 3.63) is 65.7 Å². The van der Waals surface area contributed by atoms with Crippen molar-refractivity contribution < 1.29 is 14.3 Å². The molecular formula is C20H22N2O3. The molecule has 5 nitrogen and oxygen atoms in total. The lowest BCUT2D eigenvalue weighted by Gasteiger charge is -2.10. The zero-order chi connectivity index (χ0) is 18.2. The number of ether oxygens (including phenoxy) is 1. The Labute approximate surface area is 147 Å². The second kappa shape index (κ2) is 8.68. The number of allylic oxidation sites excluding steroid dienone is 1. The maximum atomic E-state index is 12.2. The Morgan fingerprint density at radius 3 is 2.20 bits per heavy atom. The van der Waals surface area contributed by atoms with Crippen LogP contribution in [0.4, 0.5) is 10.5 Å². The molecule has 0 atom stereocenters. The number of carbonyl (C=O) groups excluding carboxylic acids is 2. The van der Waals surface area contributed by atoms with Crippen molar-refractivity contribution in [2.75, 3.05) is 12.4 Å². The van der Waals surface area contributed by atoms with Crippen molar-refractivity contribution in [2.45, 2.75) is 19.9 Å². The van der Waals surface area contributed by atoms with Crippen molar-refractivity contribution in [3.63, 3.8) is 0 Å². The van der Waals surface area contributed by atoms with Crippen LogP contribution in [0.15, 0.2) is 54.6 Å². The highest BCUT2D eigenvalue weighted by molar-refractivity contribution is 6.07. The minimum atomic E-state index is -0.270. The molecule has 0 radical (unpaired) electrons. The van der Waals surface area contributed by atoms with Crippen molar-refractivity contribution in [1.29, 1.82) is 0 Å². The van der Waals surface area contributed by atoms with Gasteiger partial charge in [0, 0.05) is 17.3 Å². The molecule has 0 aliphatic carbocycles. The van der Waals surface area contributed by atoms with Gasteiger partial charge in [0.15, 0.2) is 5.78 Å². The van der Waals surface area contributed by atoms with E-state index >= 15 is 0 Å². The highest BCUT2D eigenvalue weighted by Crippen LogP contribution is 2.14. The van der Waals surface area contributed by atoms with Gasteiger partial charge in [-0.25, -0.2) is 4.79 Å². The van der Waals surface area contributed by atoms with Crippen LogP contribution in [0, 0.1) is 0 Å². The Bertz CT molecular complexity index is 748. The molecule has 0 fully saturated rings. The molecule has 0 aromatic heterocycles. The van der Waals surface area contributed by atoms with Crippen molar-refractivity contribution in [2.24, 2.45) is 0 Å². The van der Waals surface area contributed by atoms with Gasteiger partial charge in [-0.15, -0.1) is 0 Å². The lowest BCUT2D eigenvalue weighted by Crippen LogP contribution is -2.34. The van der Waals surface area contributed by atoms with Crippen molar-refractivity contribution in [3.8, 4) is 5.75 Å². The first-order chi connectivity index (χ1) is 12.0. The van der Waals surface area contributed by atoms with E-state index in [2.05, 4.69) is 10.6 Å². The molecule has 2 aromatic rings. The molecule has 0 bridgehead atoms. The van der Waals surface area contributed by atoms with Gasteiger partial charge < -0.3 is 15.4 Å². The van der Waals surface area contributed by atoms with E-state index < -0.39 is 0 Å². The quantitative estimate of drug-likeness (QED) is 0.615. The maximum absolute atomic E-state index is 12.2. The number of ketones is 1. The number of anilines is 1. The Balaban J connectivity index is 1.97. The van der Waals surface area contributed by atoms with Crippen LogP contribution in [-0.2, 0) is 0 Å². The summed E-state index contributed by atoms with van der Waals surface area (Å²) in [4.78, 5) is 23.8. The van der Waals surface area contributed by atoms with Gasteiger partial charge in [0.25, 0.3) is 0 Å². The van der Waals surface area contributed by atoms with Gasteiger partial charge in [-0.2, -0.15) is 0 Å². The summed E-state index contributed by atoms with van der Waals surface area (Å²) in [5.74, 6) is 0.669. The highest BCUT2D eigenvalue weighted by atomic mass is 16.5. The molecule has 5 heteroatoms. The summed E-state index contributed by atoms with van der Waals surface area (Å²) in [6.07, 6.45) is 3.28. The van der Waals surface area contributed by atoms with Crippen LogP contribution in [0.5, 0.6) is 5.75 Å². The zero-order valence-electron chi connectivity index (χ0n) is 14.6. The first-order valence-corrected chi connectivity index (χ1v) is 8.02. The summed E-state index contributed by atoms with van der Waals surface area (Å²) in [5.41, 5.74) is 2.10. The Kier molecular flexibility index (Phi) is 6.34. The molecule has 0 saturated heterocycles. The van der Waals surface area contributed by atoms with Gasteiger partial charge in [0.1, 0.15) is 5.75 Å². The molecule has 0 unspecified atom stereocenters. The standard InChI is InChI=1S/C20H22N2O3/c1-14(2)21-20(24)22-17-9-7-16(8-10-17)19(23)13-6-15-4-11-18(25-3)12-5-15/h4-14H,1-3H3,(H2,21,22,24)/b13-6+. The molecule has 2 rings (SSSR count). The molecular weight excluding hydrogens is 316 g/mol. The number of nitrogens with one attached hydrogen (secondary N) is 2. The fourth-order valence-electron chi connectivity index (χ4n) is 2.13. The number of hydrogen-bond donors (Lipinski definition) is 2. The molecule has 2 N–H and O–H groups in total. The Hall–Kier alpha value is -3.08. The minimum absolute atomic E-state index is 0.0592. The first kappa shape index (κ1) is 18.3. The summed E-state index contributed by atoms with van der Waals surface area (Å²) in [6, 6.07) is 14.0. The van der Waals surface area contributed by atoms with E-state index in [0.717, 1.165) is 11.3 Å². The molecule has 130 valence electrons. The van der Waals surface area contributed by atoms with Crippen LogP contribution in [0.1, 0.15) is 29.8 Å². The van der Waals surface area contributed by atoms with Crippen LogP contribution in [0.2, 0.25) is 0 Å². The molecule has 2 amide bonds. The molecule has 0 aliphatic heterocycles. The van der Waals surface area contributed by atoms with Gasteiger partial charge in [-0.05, 0) is 61.9 Å². The number of urea groups is 1. The average Bonchev–Trinajstić information content (AvgIpc) is 2.60. The highest BCUT2D eigenvalue weighted by Gasteiger charge is 2.05. The monoisotopic (exact) mass is 338 g/mol. The number of carbonyl (C=O) groups is 2. The van der Waals surface area contributed by atoms with E-state index in [4.69, 9.17) is 4.74 Å². The maximum Gasteiger partial charge on any atom is 0.319 e. The fourth-order valence-corrected chi connectivity index (χ4v) is 2.13. The topological polar surface area (TPSA) is 67.4 Å². The number of amides is 2. The number of benzene rings is 2. The minimum Gasteiger partial charge on any atom is -0.497 e. The summed E-state index contributed by atoms with van der Waals surface area (Å²) in [7, 11) is 1.61. The predicted octanol–water partition coefficient (Wildman–Crippen LogP) is 4.12. The van der Waals surface area contributed by atoms with Gasteiger partial charge in [0.05, 0.1) is 7.11 Å². The van der Waals surface area contributed by atoms with E-state index in [9.17, 15) is 9.59 Å². The van der Waals surface area contributed by atoms with Gasteiger partial charge >= 0.3 is 6.03 Å². The van der Waals surface area contributed by atoms with Crippen LogP contribution in [-0.4, -0.2) is 25.0 Å². The lowest BCUT2D eigenvalue weighted by molar-refractivity contribution is 0.104. The molecule has 0 heterocycles. The van der Waals surface area contributed by atoms with Crippen LogP contribution in [0.3, 0.4) is 0 Å². The summed E-state index contributed by atoms with van der Waals surface area (Å²) in [6.45, 7) is 3.77. The third-order valence-electron chi connectivity index (χ3n) is 3.39. The van der Waals surface area contributed by atoms with E-state index in [1.165, 1.54) is 6.08 Å². The van der Waals surface area contributed by atoms with Crippen LogP contribution < -0.4 is 15.4 Å². The Morgan fingerprint density at radius 2 is 1.64 bits per heavy atom. The fraction of sp³-hybridized carbons (Fsp3) is 0.200. The second-order valence-electron chi connectivity index (χ2n) is 5.80. The molecule has 25 heavy (non-hydrogen) atoms. The third kappa shape index (κ3) is 5.80. The van der Waals surface area contributed by atoms with Crippen molar-refractivity contribution in [1.82, 2.24) is 5.32 Å². The van der Waals surface area contributed by atoms with Crippen molar-refractivity contribution >= 4 is 23.6 Å². The predicted molar refractivity (Wildman–Crippen MR) is 100 cm³/mol. The number of hydrogen-bond acceptors (Lipinski definition) is 3. The summed E-state index contributed by atoms with van der Waals surface area (Å²) >= 11 is 0. The number of rotatable bonds is 6. The first-order valence-electron chi connectivity index (χ1n) is 8.02. The number of methoxy groups -OCH3 is 1. The normalized spacial score (nSPS) is 10.7. The molecule has 0 saturated carbocycles. The Morgan fingerprint density at radius 1 is 1.00 bits per heavy atom. The van der Waals surface area contributed by atoms with E-state index in [1.54, 1.807) is 37.5 Å². The zero-order valence-corrected chi connectivity index (χ0v) is 14.6. The third-order valence-corrected chi connectivity index (χ3v) is 3.39. The van der Waals surface area contributed by atoms with Gasteiger partial charge in [-0.3, -0.25) is 4.79 Å². The van der Waals surface area contributed by atoms with Crippen LogP contribution in [0.25, 0.3) is 6.08 Å². The second-order valence-corrected chi connectivity index (χ2v) is 5.80. The van der Waals surface area contributed by atoms with Gasteiger partial charge in [0.2, 0.25) is 0 Å². The largest absolute Gasteiger partial charge is 0.497 e. The average molecular weight is 338 g/mol. The van der Waals surface area contributed by atoms with E-state index in [1.807, 2.05) is 38.1 Å². The SMILES string of the molecule is COc1ccc(/C=C/C(=O)c2ccc(NC(=O)NC(C)C)cc2)cc1. The smallest absolute Gasteiger partial charge is 0.319 e. The molecule has 0 spiro atoms. The van der Waals surface area contributed by atoms with E-state index in [-0.39, 0.29) is 17.9 Å². The van der Waals surface area contributed by atoms with Crippen LogP contribution >= 0.6 is 0 Å². The summed E-state index contributed by atoms with van der Waals surface area (Å²) < 4.78 is 5.10. The molecule has 2 aromatic carbocycles. The van der Waals surface area contributed by atoms with Gasteiger partial charge in [-0.1, -0.05) is 18.2 Å². The summed E-state index contributed by atoms with van der Waals surface area (Å²) in [5, 5.41) is 5.45. The molecule has 0 aliphatic rings.